The molecule has 2 saturated heterocycles. The SMILES string of the molecule is O=C(CN1CCC(c2ccccc2)CC1)NC[C@@H]1CCS(=O)(=O)C1. The minimum atomic E-state index is -2.86. The zero-order valence-corrected chi connectivity index (χ0v) is 14.8. The predicted octanol–water partition coefficient (Wildman–Crippen LogP) is 1.42. The fourth-order valence-electron chi connectivity index (χ4n) is 3.70. The van der Waals surface area contributed by atoms with Gasteiger partial charge in [-0.15, -0.1) is 0 Å². The summed E-state index contributed by atoms with van der Waals surface area (Å²) in [6.07, 6.45) is 2.83. The van der Waals surface area contributed by atoms with Gasteiger partial charge in [-0.05, 0) is 49.8 Å². The Morgan fingerprint density at radius 1 is 1.12 bits per heavy atom. The highest BCUT2D eigenvalue weighted by molar-refractivity contribution is 7.91. The van der Waals surface area contributed by atoms with Crippen molar-refractivity contribution in [1.82, 2.24) is 10.2 Å². The van der Waals surface area contributed by atoms with Crippen LogP contribution in [0.4, 0.5) is 0 Å². The summed E-state index contributed by atoms with van der Waals surface area (Å²) in [7, 11) is -2.86. The van der Waals surface area contributed by atoms with Crippen LogP contribution in [0.2, 0.25) is 0 Å². The number of nitrogens with zero attached hydrogens (tertiary/aromatic N) is 1. The highest BCUT2D eigenvalue weighted by Crippen LogP contribution is 2.27. The molecule has 6 heteroatoms. The van der Waals surface area contributed by atoms with Crippen molar-refractivity contribution in [2.75, 3.05) is 37.7 Å². The van der Waals surface area contributed by atoms with E-state index in [4.69, 9.17) is 0 Å². The van der Waals surface area contributed by atoms with E-state index in [1.807, 2.05) is 6.07 Å². The van der Waals surface area contributed by atoms with Crippen LogP contribution in [0.1, 0.15) is 30.7 Å². The molecule has 0 saturated carbocycles. The molecular weight excluding hydrogens is 324 g/mol. The monoisotopic (exact) mass is 350 g/mol. The maximum atomic E-state index is 12.1. The van der Waals surface area contributed by atoms with Gasteiger partial charge >= 0.3 is 0 Å². The Morgan fingerprint density at radius 3 is 2.46 bits per heavy atom. The number of sulfone groups is 1. The summed E-state index contributed by atoms with van der Waals surface area (Å²) in [4.78, 5) is 14.3. The second-order valence-corrected chi connectivity index (χ2v) is 9.26. The molecule has 0 aromatic heterocycles. The molecule has 1 atom stereocenters. The largest absolute Gasteiger partial charge is 0.355 e. The smallest absolute Gasteiger partial charge is 0.234 e. The van der Waals surface area contributed by atoms with E-state index in [1.54, 1.807) is 0 Å². The maximum Gasteiger partial charge on any atom is 0.234 e. The highest BCUT2D eigenvalue weighted by Gasteiger charge is 2.28. The van der Waals surface area contributed by atoms with Gasteiger partial charge in [0, 0.05) is 6.54 Å². The first-order valence-electron chi connectivity index (χ1n) is 8.76. The van der Waals surface area contributed by atoms with Gasteiger partial charge in [-0.2, -0.15) is 0 Å². The number of likely N-dealkylation sites (tertiary alicyclic amines) is 1. The molecule has 24 heavy (non-hydrogen) atoms. The van der Waals surface area contributed by atoms with Crippen LogP contribution in [-0.2, 0) is 14.6 Å². The topological polar surface area (TPSA) is 66.5 Å². The van der Waals surface area contributed by atoms with Gasteiger partial charge in [-0.3, -0.25) is 9.69 Å². The Balaban J connectivity index is 1.37. The first kappa shape index (κ1) is 17.4. The van der Waals surface area contributed by atoms with E-state index >= 15 is 0 Å². The number of amides is 1. The van der Waals surface area contributed by atoms with Crippen LogP contribution in [0.3, 0.4) is 0 Å². The van der Waals surface area contributed by atoms with Gasteiger partial charge in [0.05, 0.1) is 18.1 Å². The quantitative estimate of drug-likeness (QED) is 0.872. The van der Waals surface area contributed by atoms with Gasteiger partial charge in [0.2, 0.25) is 5.91 Å². The maximum absolute atomic E-state index is 12.1. The molecule has 2 fully saturated rings. The minimum absolute atomic E-state index is 0.0115. The molecule has 0 spiro atoms. The lowest BCUT2D eigenvalue weighted by molar-refractivity contribution is -0.122. The zero-order chi connectivity index (χ0) is 17.0. The van der Waals surface area contributed by atoms with E-state index in [1.165, 1.54) is 5.56 Å². The number of hydrogen-bond acceptors (Lipinski definition) is 4. The third kappa shape index (κ3) is 4.80. The second-order valence-electron chi connectivity index (χ2n) is 7.03. The molecule has 2 heterocycles. The van der Waals surface area contributed by atoms with Crippen molar-refractivity contribution in [3.05, 3.63) is 35.9 Å². The predicted molar refractivity (Wildman–Crippen MR) is 94.6 cm³/mol. The Kier molecular flexibility index (Phi) is 5.56. The molecule has 5 nitrogen and oxygen atoms in total. The van der Waals surface area contributed by atoms with Gasteiger partial charge in [0.1, 0.15) is 0 Å². The summed E-state index contributed by atoms with van der Waals surface area (Å²) in [6.45, 7) is 2.77. The number of carbonyl (C=O) groups excluding carboxylic acids is 1. The Labute approximate surface area is 144 Å². The average Bonchev–Trinajstić information content (AvgIpc) is 2.94. The van der Waals surface area contributed by atoms with Crippen LogP contribution in [0, 0.1) is 5.92 Å². The molecule has 0 bridgehead atoms. The van der Waals surface area contributed by atoms with Crippen LogP contribution >= 0.6 is 0 Å². The molecule has 2 aliphatic heterocycles. The van der Waals surface area contributed by atoms with Crippen molar-refractivity contribution in [2.24, 2.45) is 5.92 Å². The van der Waals surface area contributed by atoms with E-state index in [0.29, 0.717) is 25.4 Å². The first-order chi connectivity index (χ1) is 11.5. The van der Waals surface area contributed by atoms with Crippen molar-refractivity contribution >= 4 is 15.7 Å². The molecule has 3 rings (SSSR count). The van der Waals surface area contributed by atoms with E-state index in [-0.39, 0.29) is 23.3 Å². The second kappa shape index (κ2) is 7.66. The molecule has 0 radical (unpaired) electrons. The number of hydrogen-bond donors (Lipinski definition) is 1. The fraction of sp³-hybridized carbons (Fsp3) is 0.611. The standard InChI is InChI=1S/C18H26N2O3S/c21-18(19-12-15-8-11-24(22,23)14-15)13-20-9-6-17(7-10-20)16-4-2-1-3-5-16/h1-5,15,17H,6-14H2,(H,19,21)/t15-/m0/s1. The highest BCUT2D eigenvalue weighted by atomic mass is 32.2. The number of rotatable bonds is 5. The lowest BCUT2D eigenvalue weighted by atomic mass is 9.89. The fourth-order valence-corrected chi connectivity index (χ4v) is 5.56. The summed E-state index contributed by atoms with van der Waals surface area (Å²) in [5.74, 6) is 1.17. The Morgan fingerprint density at radius 2 is 1.83 bits per heavy atom. The van der Waals surface area contributed by atoms with Crippen molar-refractivity contribution in [1.29, 1.82) is 0 Å². The minimum Gasteiger partial charge on any atom is -0.355 e. The summed E-state index contributed by atoms with van der Waals surface area (Å²) >= 11 is 0. The average molecular weight is 350 g/mol. The molecule has 132 valence electrons. The lowest BCUT2D eigenvalue weighted by Gasteiger charge is -2.31. The van der Waals surface area contributed by atoms with Crippen molar-refractivity contribution in [2.45, 2.75) is 25.2 Å². The van der Waals surface area contributed by atoms with Gasteiger partial charge < -0.3 is 5.32 Å². The van der Waals surface area contributed by atoms with Crippen LogP contribution in [-0.4, -0.2) is 56.9 Å². The molecule has 1 N–H and O–H groups in total. The van der Waals surface area contributed by atoms with Crippen LogP contribution in [0.15, 0.2) is 30.3 Å². The van der Waals surface area contributed by atoms with Gasteiger partial charge in [-0.25, -0.2) is 8.42 Å². The van der Waals surface area contributed by atoms with Gasteiger partial charge in [0.15, 0.2) is 9.84 Å². The van der Waals surface area contributed by atoms with Gasteiger partial charge in [0.25, 0.3) is 0 Å². The Hall–Kier alpha value is -1.40. The third-order valence-corrected chi connectivity index (χ3v) is 6.98. The summed E-state index contributed by atoms with van der Waals surface area (Å²) in [6, 6.07) is 10.6. The molecule has 0 unspecified atom stereocenters. The van der Waals surface area contributed by atoms with Crippen molar-refractivity contribution < 1.29 is 13.2 Å². The number of nitrogens with one attached hydrogen (secondary N) is 1. The van der Waals surface area contributed by atoms with Crippen LogP contribution in [0.5, 0.6) is 0 Å². The summed E-state index contributed by atoms with van der Waals surface area (Å²) in [5, 5.41) is 2.91. The summed E-state index contributed by atoms with van der Waals surface area (Å²) in [5.41, 5.74) is 1.39. The molecule has 1 aromatic carbocycles. The van der Waals surface area contributed by atoms with E-state index in [0.717, 1.165) is 25.9 Å². The Bertz CT molecular complexity index is 652. The third-order valence-electron chi connectivity index (χ3n) is 5.14. The van der Waals surface area contributed by atoms with Crippen LogP contribution in [0.25, 0.3) is 0 Å². The normalized spacial score (nSPS) is 24.8. The summed E-state index contributed by atoms with van der Waals surface area (Å²) < 4.78 is 22.9. The van der Waals surface area contributed by atoms with E-state index in [9.17, 15) is 13.2 Å². The van der Waals surface area contributed by atoms with E-state index in [2.05, 4.69) is 34.5 Å². The van der Waals surface area contributed by atoms with Gasteiger partial charge in [-0.1, -0.05) is 30.3 Å². The molecule has 0 aliphatic carbocycles. The molecule has 1 amide bonds. The first-order valence-corrected chi connectivity index (χ1v) is 10.6. The number of carbonyl (C=O) groups is 1. The number of piperidine rings is 1. The molecular formula is C18H26N2O3S. The van der Waals surface area contributed by atoms with Crippen molar-refractivity contribution in [3.63, 3.8) is 0 Å². The molecule has 1 aromatic rings. The van der Waals surface area contributed by atoms with Crippen molar-refractivity contribution in [3.8, 4) is 0 Å². The van der Waals surface area contributed by atoms with Crippen LogP contribution < -0.4 is 5.32 Å². The van der Waals surface area contributed by atoms with E-state index < -0.39 is 9.84 Å². The lowest BCUT2D eigenvalue weighted by Crippen LogP contribution is -2.42. The molecule has 2 aliphatic rings. The zero-order valence-electron chi connectivity index (χ0n) is 14.0. The number of benzene rings is 1.